The summed E-state index contributed by atoms with van der Waals surface area (Å²) in [6.45, 7) is 0. The van der Waals surface area contributed by atoms with Crippen LogP contribution in [0.2, 0.25) is 0 Å². The number of nitrogens with zero attached hydrogens (tertiary/aromatic N) is 2. The number of aromatic hydroxyl groups is 1. The number of anilines is 2. The van der Waals surface area contributed by atoms with Gasteiger partial charge in [-0.15, -0.1) is 0 Å². The number of hydrogen-bond donors (Lipinski definition) is 2. The van der Waals surface area contributed by atoms with Gasteiger partial charge in [-0.3, -0.25) is 4.79 Å². The van der Waals surface area contributed by atoms with Gasteiger partial charge in [0.1, 0.15) is 22.2 Å². The molecule has 2 heterocycles. The molecule has 142 valence electrons. The molecule has 0 saturated heterocycles. The summed E-state index contributed by atoms with van der Waals surface area (Å²) in [5, 5.41) is 14.4. The predicted molar refractivity (Wildman–Crippen MR) is 101 cm³/mol. The van der Waals surface area contributed by atoms with E-state index in [0.29, 0.717) is 32.9 Å². The van der Waals surface area contributed by atoms with Gasteiger partial charge in [0.15, 0.2) is 5.13 Å². The maximum Gasteiger partial charge on any atom is 0.279 e. The summed E-state index contributed by atoms with van der Waals surface area (Å²) in [4.78, 5) is 20.5. The first kappa shape index (κ1) is 17.9. The van der Waals surface area contributed by atoms with Crippen molar-refractivity contribution in [3.63, 3.8) is 0 Å². The SMILES string of the molecule is COc1ccc(Nc2nc(O)c(C3=c4cc(F)ccc4=NC3=O)s2)c(OC)c1. The first-order valence-corrected chi connectivity index (χ1v) is 8.94. The van der Waals surface area contributed by atoms with Crippen molar-refractivity contribution >= 4 is 33.6 Å². The lowest BCUT2D eigenvalue weighted by atomic mass is 10.1. The predicted octanol–water partition coefficient (Wildman–Crippen LogP) is 2.11. The van der Waals surface area contributed by atoms with E-state index < -0.39 is 11.7 Å². The zero-order valence-corrected chi connectivity index (χ0v) is 15.6. The van der Waals surface area contributed by atoms with Gasteiger partial charge in [0.25, 0.3) is 5.91 Å². The van der Waals surface area contributed by atoms with Gasteiger partial charge in [-0.25, -0.2) is 9.38 Å². The molecule has 1 amide bonds. The minimum atomic E-state index is -0.548. The summed E-state index contributed by atoms with van der Waals surface area (Å²) in [7, 11) is 3.07. The zero-order valence-electron chi connectivity index (χ0n) is 14.8. The van der Waals surface area contributed by atoms with E-state index in [2.05, 4.69) is 15.3 Å². The Morgan fingerprint density at radius 2 is 1.96 bits per heavy atom. The molecule has 3 aromatic rings. The number of ether oxygens (including phenoxy) is 2. The maximum atomic E-state index is 13.6. The highest BCUT2D eigenvalue weighted by molar-refractivity contribution is 7.17. The van der Waals surface area contributed by atoms with E-state index in [1.54, 1.807) is 25.3 Å². The number of carbonyl (C=O) groups excluding carboxylic acids is 1. The van der Waals surface area contributed by atoms with Crippen LogP contribution in [0.25, 0.3) is 5.57 Å². The van der Waals surface area contributed by atoms with Gasteiger partial charge in [-0.1, -0.05) is 11.3 Å². The summed E-state index contributed by atoms with van der Waals surface area (Å²) >= 11 is 1.05. The van der Waals surface area contributed by atoms with Crippen LogP contribution in [-0.4, -0.2) is 30.2 Å². The van der Waals surface area contributed by atoms with E-state index in [4.69, 9.17) is 9.47 Å². The van der Waals surface area contributed by atoms with E-state index in [0.717, 1.165) is 11.3 Å². The van der Waals surface area contributed by atoms with E-state index >= 15 is 0 Å². The molecule has 1 aromatic heterocycles. The molecule has 0 spiro atoms. The number of nitrogens with one attached hydrogen (secondary N) is 1. The molecular formula is C19H14FN3O4S. The third kappa shape index (κ3) is 3.05. The fraction of sp³-hybridized carbons (Fsp3) is 0.105. The topological polar surface area (TPSA) is 93.0 Å². The fourth-order valence-corrected chi connectivity index (χ4v) is 3.77. The largest absolute Gasteiger partial charge is 0.497 e. The van der Waals surface area contributed by atoms with Crippen LogP contribution in [0.1, 0.15) is 4.88 Å². The molecule has 4 rings (SSSR count). The van der Waals surface area contributed by atoms with Crippen molar-refractivity contribution in [2.45, 2.75) is 0 Å². The molecule has 0 atom stereocenters. The van der Waals surface area contributed by atoms with Crippen molar-refractivity contribution in [3.8, 4) is 17.4 Å². The van der Waals surface area contributed by atoms with Crippen LogP contribution in [0, 0.1) is 5.82 Å². The number of benzene rings is 2. The molecule has 2 N–H and O–H groups in total. The first-order chi connectivity index (χ1) is 13.5. The van der Waals surface area contributed by atoms with Crippen molar-refractivity contribution in [1.82, 2.24) is 4.98 Å². The lowest BCUT2D eigenvalue weighted by molar-refractivity contribution is -0.112. The molecule has 2 aromatic carbocycles. The Kier molecular flexibility index (Phi) is 4.44. The normalized spacial score (nSPS) is 12.5. The Labute approximate surface area is 162 Å². The van der Waals surface area contributed by atoms with Crippen molar-refractivity contribution < 1.29 is 23.8 Å². The summed E-state index contributed by atoms with van der Waals surface area (Å²) in [5.74, 6) is -0.240. The van der Waals surface area contributed by atoms with Crippen molar-refractivity contribution in [3.05, 3.63) is 57.7 Å². The third-order valence-electron chi connectivity index (χ3n) is 4.15. The van der Waals surface area contributed by atoms with Crippen molar-refractivity contribution in [1.29, 1.82) is 0 Å². The molecule has 0 radical (unpaired) electrons. The monoisotopic (exact) mass is 399 g/mol. The lowest BCUT2D eigenvalue weighted by Crippen LogP contribution is -2.23. The number of fused-ring (bicyclic) bond motifs is 1. The number of rotatable bonds is 5. The van der Waals surface area contributed by atoms with Crippen molar-refractivity contribution in [2.75, 3.05) is 19.5 Å². The minimum absolute atomic E-state index is 0.124. The molecular weight excluding hydrogens is 385 g/mol. The Morgan fingerprint density at radius 3 is 2.71 bits per heavy atom. The minimum Gasteiger partial charge on any atom is -0.497 e. The van der Waals surface area contributed by atoms with Gasteiger partial charge in [0.05, 0.1) is 30.8 Å². The van der Waals surface area contributed by atoms with Crippen LogP contribution in [-0.2, 0) is 4.79 Å². The molecule has 9 heteroatoms. The third-order valence-corrected chi connectivity index (χ3v) is 5.13. The number of hydrogen-bond acceptors (Lipinski definition) is 7. The van der Waals surface area contributed by atoms with Gasteiger partial charge >= 0.3 is 0 Å². The van der Waals surface area contributed by atoms with Gasteiger partial charge in [-0.05, 0) is 30.3 Å². The van der Waals surface area contributed by atoms with Gasteiger partial charge in [-0.2, -0.15) is 4.98 Å². The number of halogens is 1. The Bertz CT molecular complexity index is 1220. The summed E-state index contributed by atoms with van der Waals surface area (Å²) < 4.78 is 24.1. The van der Waals surface area contributed by atoms with Crippen LogP contribution in [0.4, 0.5) is 15.2 Å². The van der Waals surface area contributed by atoms with Gasteiger partial charge in [0, 0.05) is 11.3 Å². The summed E-state index contributed by atoms with van der Waals surface area (Å²) in [6, 6.07) is 9.06. The molecule has 0 saturated carbocycles. The van der Waals surface area contributed by atoms with Gasteiger partial charge in [0.2, 0.25) is 5.88 Å². The molecule has 0 fully saturated rings. The van der Waals surface area contributed by atoms with Crippen LogP contribution < -0.4 is 25.4 Å². The molecule has 7 nitrogen and oxygen atoms in total. The highest BCUT2D eigenvalue weighted by Gasteiger charge is 2.25. The van der Waals surface area contributed by atoms with E-state index in [1.165, 1.54) is 25.3 Å². The highest BCUT2D eigenvalue weighted by Crippen LogP contribution is 2.38. The summed E-state index contributed by atoms with van der Waals surface area (Å²) in [5.41, 5.74) is 0.724. The molecule has 0 bridgehead atoms. The van der Waals surface area contributed by atoms with E-state index in [-0.39, 0.29) is 16.3 Å². The highest BCUT2D eigenvalue weighted by atomic mass is 32.1. The quantitative estimate of drug-likeness (QED) is 0.683. The van der Waals surface area contributed by atoms with Crippen LogP contribution in [0.5, 0.6) is 17.4 Å². The Morgan fingerprint density at radius 1 is 1.14 bits per heavy atom. The van der Waals surface area contributed by atoms with Crippen LogP contribution in [0.15, 0.2) is 41.4 Å². The Hall–Kier alpha value is -3.46. The Balaban J connectivity index is 1.76. The maximum absolute atomic E-state index is 13.6. The standard InChI is InChI=1S/C19H14FN3O4S/c1-26-10-4-6-13(14(8-10)27-2)22-19-23-18(25)16(28-19)15-11-7-9(20)3-5-12(11)21-17(15)24/h3-8,25H,1-2H3,(H,22,23). The first-order valence-electron chi connectivity index (χ1n) is 8.12. The van der Waals surface area contributed by atoms with Gasteiger partial charge < -0.3 is 19.9 Å². The van der Waals surface area contributed by atoms with Crippen LogP contribution in [0.3, 0.4) is 0 Å². The number of methoxy groups -OCH3 is 2. The molecule has 1 aliphatic heterocycles. The molecule has 0 aliphatic carbocycles. The fourth-order valence-electron chi connectivity index (χ4n) is 2.85. The average molecular weight is 399 g/mol. The second-order valence-electron chi connectivity index (χ2n) is 5.82. The molecule has 0 unspecified atom stereocenters. The zero-order chi connectivity index (χ0) is 19.8. The average Bonchev–Trinajstić information content (AvgIpc) is 3.19. The summed E-state index contributed by atoms with van der Waals surface area (Å²) in [6.07, 6.45) is 0. The number of thiazole rings is 1. The van der Waals surface area contributed by atoms with Crippen LogP contribution >= 0.6 is 11.3 Å². The molecule has 28 heavy (non-hydrogen) atoms. The van der Waals surface area contributed by atoms with Crippen molar-refractivity contribution in [2.24, 2.45) is 4.99 Å². The smallest absolute Gasteiger partial charge is 0.279 e. The van der Waals surface area contributed by atoms with E-state index in [1.807, 2.05) is 0 Å². The second-order valence-corrected chi connectivity index (χ2v) is 6.82. The number of carbonyl (C=O) groups is 1. The number of aromatic nitrogens is 1. The lowest BCUT2D eigenvalue weighted by Gasteiger charge is -2.10. The number of amides is 1. The molecule has 1 aliphatic rings. The van der Waals surface area contributed by atoms with E-state index in [9.17, 15) is 14.3 Å². The second kappa shape index (κ2) is 6.93.